The third-order valence-corrected chi connectivity index (χ3v) is 5.29. The van der Waals surface area contributed by atoms with E-state index in [1.165, 1.54) is 37.1 Å². The monoisotopic (exact) mass is 239 g/mol. The minimum atomic E-state index is 0.321. The molecule has 1 fully saturated rings. The summed E-state index contributed by atoms with van der Waals surface area (Å²) < 4.78 is 0. The molecular weight excluding hydrogens is 218 g/mol. The Hall–Kier alpha value is -0.480. The lowest BCUT2D eigenvalue weighted by atomic mass is 9.84. The normalized spacial score (nSPS) is 21.2. The maximum absolute atomic E-state index is 4.44. The Balaban J connectivity index is 2.23. The molecule has 1 heterocycles. The van der Waals surface area contributed by atoms with Gasteiger partial charge >= 0.3 is 0 Å². The van der Waals surface area contributed by atoms with Gasteiger partial charge < -0.3 is 5.32 Å². The lowest BCUT2D eigenvalue weighted by Gasteiger charge is -2.23. The van der Waals surface area contributed by atoms with E-state index < -0.39 is 0 Å². The molecule has 1 aliphatic rings. The van der Waals surface area contributed by atoms with Gasteiger partial charge in [-0.15, -0.1) is 10.2 Å². The molecule has 1 aliphatic carbocycles. The number of hydrogen-bond donors (Lipinski definition) is 1. The first-order valence-electron chi connectivity index (χ1n) is 6.23. The molecule has 0 radical (unpaired) electrons. The fourth-order valence-corrected chi connectivity index (χ4v) is 3.74. The first-order chi connectivity index (χ1) is 7.72. The van der Waals surface area contributed by atoms with E-state index in [9.17, 15) is 0 Å². The predicted molar refractivity (Wildman–Crippen MR) is 67.8 cm³/mol. The summed E-state index contributed by atoms with van der Waals surface area (Å²) in [4.78, 5) is 0. The fraction of sp³-hybridized carbons (Fsp3) is 0.833. The van der Waals surface area contributed by atoms with Crippen molar-refractivity contribution in [1.82, 2.24) is 15.5 Å². The third-order valence-electron chi connectivity index (χ3n) is 3.94. The Kier molecular flexibility index (Phi) is 3.60. The third kappa shape index (κ3) is 2.00. The molecule has 16 heavy (non-hydrogen) atoms. The summed E-state index contributed by atoms with van der Waals surface area (Å²) in [6, 6.07) is 0.321. The molecule has 0 amide bonds. The van der Waals surface area contributed by atoms with Crippen molar-refractivity contribution in [2.24, 2.45) is 0 Å². The minimum Gasteiger partial charge on any atom is -0.311 e. The number of hydrogen-bond acceptors (Lipinski definition) is 4. The van der Waals surface area contributed by atoms with Crippen molar-refractivity contribution in [2.75, 3.05) is 7.05 Å². The lowest BCUT2D eigenvalue weighted by molar-refractivity contribution is 0.419. The van der Waals surface area contributed by atoms with E-state index >= 15 is 0 Å². The average Bonchev–Trinajstić information content (AvgIpc) is 2.96. The summed E-state index contributed by atoms with van der Waals surface area (Å²) >= 11 is 1.80. The van der Waals surface area contributed by atoms with Gasteiger partial charge in [0.25, 0.3) is 0 Å². The van der Waals surface area contributed by atoms with Gasteiger partial charge in [0.2, 0.25) is 0 Å². The molecule has 1 aromatic heterocycles. The Labute approximate surface area is 102 Å². The fourth-order valence-electron chi connectivity index (χ4n) is 2.52. The van der Waals surface area contributed by atoms with Gasteiger partial charge in [0, 0.05) is 5.41 Å². The number of nitrogens with zero attached hydrogens (tertiary/aromatic N) is 2. The van der Waals surface area contributed by atoms with E-state index in [1.54, 1.807) is 11.3 Å². The average molecular weight is 239 g/mol. The second kappa shape index (κ2) is 4.80. The molecule has 2 rings (SSSR count). The van der Waals surface area contributed by atoms with Crippen molar-refractivity contribution >= 4 is 11.3 Å². The molecule has 3 nitrogen and oxygen atoms in total. The molecule has 0 aromatic carbocycles. The van der Waals surface area contributed by atoms with Crippen LogP contribution in [0.25, 0.3) is 0 Å². The molecule has 1 unspecified atom stereocenters. The van der Waals surface area contributed by atoms with Gasteiger partial charge in [-0.2, -0.15) is 0 Å². The molecular formula is C12H21N3S. The second-order valence-corrected chi connectivity index (χ2v) is 5.81. The summed E-state index contributed by atoms with van der Waals surface area (Å²) in [7, 11) is 1.97. The zero-order valence-corrected chi connectivity index (χ0v) is 11.2. The molecule has 90 valence electrons. The van der Waals surface area contributed by atoms with Gasteiger partial charge in [-0.05, 0) is 33.2 Å². The van der Waals surface area contributed by atoms with Gasteiger partial charge in [-0.3, -0.25) is 0 Å². The van der Waals surface area contributed by atoms with Gasteiger partial charge in [-0.25, -0.2) is 0 Å². The molecule has 1 aromatic rings. The van der Waals surface area contributed by atoms with Crippen LogP contribution < -0.4 is 5.32 Å². The van der Waals surface area contributed by atoms with E-state index in [1.807, 2.05) is 7.05 Å². The molecule has 0 saturated heterocycles. The summed E-state index contributed by atoms with van der Waals surface area (Å²) in [6.45, 7) is 4.42. The van der Waals surface area contributed by atoms with Crippen molar-refractivity contribution < 1.29 is 0 Å². The summed E-state index contributed by atoms with van der Waals surface area (Å²) in [5, 5.41) is 14.4. The Bertz CT molecular complexity index is 342. The van der Waals surface area contributed by atoms with Crippen molar-refractivity contribution in [3.05, 3.63) is 10.0 Å². The Morgan fingerprint density at radius 2 is 2.06 bits per heavy atom. The highest BCUT2D eigenvalue weighted by molar-refractivity contribution is 7.11. The topological polar surface area (TPSA) is 37.8 Å². The van der Waals surface area contributed by atoms with Crippen LogP contribution in [0.4, 0.5) is 0 Å². The van der Waals surface area contributed by atoms with Crippen LogP contribution in [-0.4, -0.2) is 17.2 Å². The van der Waals surface area contributed by atoms with Crippen LogP contribution in [-0.2, 0) is 5.41 Å². The number of nitrogens with one attached hydrogen (secondary N) is 1. The molecule has 0 bridgehead atoms. The van der Waals surface area contributed by atoms with E-state index in [4.69, 9.17) is 0 Å². The van der Waals surface area contributed by atoms with Crippen molar-refractivity contribution in [1.29, 1.82) is 0 Å². The highest BCUT2D eigenvalue weighted by atomic mass is 32.1. The summed E-state index contributed by atoms with van der Waals surface area (Å²) in [6.07, 6.45) is 6.50. The van der Waals surface area contributed by atoms with Gasteiger partial charge in [0.15, 0.2) is 0 Å². The maximum Gasteiger partial charge on any atom is 0.134 e. The number of rotatable bonds is 4. The largest absolute Gasteiger partial charge is 0.311 e. The highest BCUT2D eigenvalue weighted by Gasteiger charge is 2.37. The van der Waals surface area contributed by atoms with Crippen LogP contribution in [0.1, 0.15) is 62.0 Å². The molecule has 1 saturated carbocycles. The SMILES string of the molecule is CCC1(c2nnc(C(C)NC)s2)CCCC1. The number of aromatic nitrogens is 2. The molecule has 1 atom stereocenters. The summed E-state index contributed by atoms with van der Waals surface area (Å²) in [5.74, 6) is 0. The maximum atomic E-state index is 4.44. The van der Waals surface area contributed by atoms with Crippen molar-refractivity contribution in [3.8, 4) is 0 Å². The Morgan fingerprint density at radius 1 is 1.38 bits per heavy atom. The van der Waals surface area contributed by atoms with Crippen LogP contribution in [0, 0.1) is 0 Å². The van der Waals surface area contributed by atoms with Crippen LogP contribution in [0.15, 0.2) is 0 Å². The van der Waals surface area contributed by atoms with Gasteiger partial charge in [0.1, 0.15) is 10.0 Å². The minimum absolute atomic E-state index is 0.321. The van der Waals surface area contributed by atoms with Crippen LogP contribution in [0.5, 0.6) is 0 Å². The lowest BCUT2D eigenvalue weighted by Crippen LogP contribution is -2.20. The van der Waals surface area contributed by atoms with E-state index in [2.05, 4.69) is 29.4 Å². The van der Waals surface area contributed by atoms with Crippen molar-refractivity contribution in [2.45, 2.75) is 57.4 Å². The van der Waals surface area contributed by atoms with E-state index in [-0.39, 0.29) is 0 Å². The highest BCUT2D eigenvalue weighted by Crippen LogP contribution is 2.44. The summed E-state index contributed by atoms with van der Waals surface area (Å²) in [5.41, 5.74) is 0.351. The molecule has 1 N–H and O–H groups in total. The second-order valence-electron chi connectivity index (χ2n) is 4.80. The van der Waals surface area contributed by atoms with Gasteiger partial charge in [-0.1, -0.05) is 31.1 Å². The van der Waals surface area contributed by atoms with Crippen LogP contribution in [0.2, 0.25) is 0 Å². The zero-order chi connectivity index (χ0) is 11.6. The smallest absolute Gasteiger partial charge is 0.134 e. The van der Waals surface area contributed by atoms with Crippen molar-refractivity contribution in [3.63, 3.8) is 0 Å². The van der Waals surface area contributed by atoms with Crippen LogP contribution >= 0.6 is 11.3 Å². The van der Waals surface area contributed by atoms with E-state index in [0.717, 1.165) is 5.01 Å². The molecule has 0 spiro atoms. The molecule has 4 heteroatoms. The standard InChI is InChI=1S/C12H21N3S/c1-4-12(7-5-6-8-12)11-15-14-10(16-11)9(2)13-3/h9,13H,4-8H2,1-3H3. The first-order valence-corrected chi connectivity index (χ1v) is 7.04. The Morgan fingerprint density at radius 3 is 2.62 bits per heavy atom. The van der Waals surface area contributed by atoms with Gasteiger partial charge in [0.05, 0.1) is 6.04 Å². The molecule has 0 aliphatic heterocycles. The zero-order valence-electron chi connectivity index (χ0n) is 10.4. The quantitative estimate of drug-likeness (QED) is 0.877. The predicted octanol–water partition coefficient (Wildman–Crippen LogP) is 3.04. The van der Waals surface area contributed by atoms with Crippen LogP contribution in [0.3, 0.4) is 0 Å². The first kappa shape index (κ1) is 12.0. The van der Waals surface area contributed by atoms with E-state index in [0.29, 0.717) is 11.5 Å².